The molecule has 2 aromatic rings. The van der Waals surface area contributed by atoms with Gasteiger partial charge in [0.2, 0.25) is 5.43 Å². The highest BCUT2D eigenvalue weighted by molar-refractivity contribution is 9.10. The molecule has 0 aliphatic heterocycles. The van der Waals surface area contributed by atoms with Crippen molar-refractivity contribution in [3.05, 3.63) is 61.1 Å². The van der Waals surface area contributed by atoms with E-state index in [1.165, 1.54) is 12.3 Å². The van der Waals surface area contributed by atoms with Crippen LogP contribution in [0.2, 0.25) is 0 Å². The van der Waals surface area contributed by atoms with Crippen molar-refractivity contribution in [2.45, 2.75) is 6.54 Å². The standard InChI is InChI=1S/C12H9Br2FN2O/c13-8-2-1-7(10(15)3-8)4-17-5-9(14)12(18)11(16)6-17/h1-3,5-6H,4,16H2. The van der Waals surface area contributed by atoms with Crippen molar-refractivity contribution in [3.8, 4) is 0 Å². The monoisotopic (exact) mass is 374 g/mol. The summed E-state index contributed by atoms with van der Waals surface area (Å²) in [5, 5.41) is 0. The van der Waals surface area contributed by atoms with Crippen LogP contribution in [0.5, 0.6) is 0 Å². The van der Waals surface area contributed by atoms with Crippen LogP contribution in [0, 0.1) is 5.82 Å². The van der Waals surface area contributed by atoms with Gasteiger partial charge in [-0.1, -0.05) is 22.0 Å². The molecule has 0 aliphatic rings. The van der Waals surface area contributed by atoms with E-state index in [4.69, 9.17) is 5.73 Å². The molecular formula is C12H9Br2FN2O. The third kappa shape index (κ3) is 2.81. The second-order valence-electron chi connectivity index (χ2n) is 3.80. The minimum absolute atomic E-state index is 0.127. The summed E-state index contributed by atoms with van der Waals surface area (Å²) in [6.45, 7) is 0.308. The van der Waals surface area contributed by atoms with Crippen LogP contribution in [-0.2, 0) is 6.54 Å². The topological polar surface area (TPSA) is 48.0 Å². The summed E-state index contributed by atoms with van der Waals surface area (Å²) < 4.78 is 16.4. The predicted octanol–water partition coefficient (Wildman–Crippen LogP) is 3.14. The Morgan fingerprint density at radius 1 is 1.28 bits per heavy atom. The normalized spacial score (nSPS) is 10.6. The summed E-state index contributed by atoms with van der Waals surface area (Å²) in [7, 11) is 0. The molecule has 0 radical (unpaired) electrons. The van der Waals surface area contributed by atoms with Crippen LogP contribution in [0.4, 0.5) is 10.1 Å². The van der Waals surface area contributed by atoms with E-state index in [9.17, 15) is 9.18 Å². The molecule has 0 aliphatic carbocycles. The molecule has 0 saturated heterocycles. The molecule has 0 atom stereocenters. The van der Waals surface area contributed by atoms with E-state index in [0.29, 0.717) is 21.1 Å². The van der Waals surface area contributed by atoms with E-state index >= 15 is 0 Å². The van der Waals surface area contributed by atoms with E-state index in [2.05, 4.69) is 31.9 Å². The van der Waals surface area contributed by atoms with Crippen LogP contribution >= 0.6 is 31.9 Å². The molecular weight excluding hydrogens is 367 g/mol. The molecule has 0 spiro atoms. The van der Waals surface area contributed by atoms with Gasteiger partial charge in [-0.15, -0.1) is 0 Å². The van der Waals surface area contributed by atoms with Crippen molar-refractivity contribution in [1.29, 1.82) is 0 Å². The van der Waals surface area contributed by atoms with Crippen molar-refractivity contribution >= 4 is 37.5 Å². The average molecular weight is 376 g/mol. The number of halogens is 3. The minimum atomic E-state index is -0.308. The van der Waals surface area contributed by atoms with Gasteiger partial charge in [0.05, 0.1) is 16.7 Å². The van der Waals surface area contributed by atoms with E-state index in [0.717, 1.165) is 0 Å². The highest BCUT2D eigenvalue weighted by Crippen LogP contribution is 2.17. The van der Waals surface area contributed by atoms with Gasteiger partial charge >= 0.3 is 0 Å². The zero-order valence-electron chi connectivity index (χ0n) is 9.16. The Morgan fingerprint density at radius 3 is 2.61 bits per heavy atom. The number of anilines is 1. The fraction of sp³-hybridized carbons (Fsp3) is 0.0833. The molecule has 2 N–H and O–H groups in total. The number of aromatic nitrogens is 1. The molecule has 18 heavy (non-hydrogen) atoms. The molecule has 3 nitrogen and oxygen atoms in total. The SMILES string of the molecule is Nc1cn(Cc2ccc(Br)cc2F)cc(Br)c1=O. The molecule has 0 fully saturated rings. The minimum Gasteiger partial charge on any atom is -0.394 e. The van der Waals surface area contributed by atoms with Crippen molar-refractivity contribution in [3.63, 3.8) is 0 Å². The van der Waals surface area contributed by atoms with Crippen LogP contribution in [0.25, 0.3) is 0 Å². The lowest BCUT2D eigenvalue weighted by Crippen LogP contribution is -2.14. The third-order valence-corrected chi connectivity index (χ3v) is 3.49. The van der Waals surface area contributed by atoms with Gasteiger partial charge < -0.3 is 10.3 Å². The highest BCUT2D eigenvalue weighted by atomic mass is 79.9. The van der Waals surface area contributed by atoms with Crippen molar-refractivity contribution < 1.29 is 4.39 Å². The van der Waals surface area contributed by atoms with E-state index < -0.39 is 0 Å². The maximum atomic E-state index is 13.7. The first kappa shape index (κ1) is 13.3. The molecule has 0 bridgehead atoms. The number of benzene rings is 1. The first-order chi connectivity index (χ1) is 8.47. The fourth-order valence-electron chi connectivity index (χ4n) is 1.55. The molecule has 2 rings (SSSR count). The third-order valence-electron chi connectivity index (χ3n) is 2.43. The Morgan fingerprint density at radius 2 is 2.00 bits per heavy atom. The Kier molecular flexibility index (Phi) is 3.87. The molecule has 0 saturated carbocycles. The lowest BCUT2D eigenvalue weighted by Gasteiger charge is -2.09. The van der Waals surface area contributed by atoms with E-state index in [-0.39, 0.29) is 16.9 Å². The predicted molar refractivity (Wildman–Crippen MR) is 76.0 cm³/mol. The molecule has 1 aromatic heterocycles. The first-order valence-corrected chi connectivity index (χ1v) is 6.65. The van der Waals surface area contributed by atoms with E-state index in [1.807, 2.05) is 0 Å². The van der Waals surface area contributed by atoms with Gasteiger partial charge in [-0.05, 0) is 28.1 Å². The van der Waals surface area contributed by atoms with E-state index in [1.54, 1.807) is 22.9 Å². The number of pyridine rings is 1. The Bertz CT molecular complexity index is 629. The van der Waals surface area contributed by atoms with Crippen molar-refractivity contribution in [2.24, 2.45) is 0 Å². The quantitative estimate of drug-likeness (QED) is 0.876. The zero-order chi connectivity index (χ0) is 13.3. The van der Waals surface area contributed by atoms with Gasteiger partial charge in [-0.2, -0.15) is 0 Å². The Balaban J connectivity index is 2.37. The summed E-state index contributed by atoms with van der Waals surface area (Å²) in [4.78, 5) is 11.4. The largest absolute Gasteiger partial charge is 0.394 e. The van der Waals surface area contributed by atoms with Gasteiger partial charge in [0.1, 0.15) is 5.82 Å². The summed E-state index contributed by atoms with van der Waals surface area (Å²) in [6, 6.07) is 4.84. The molecule has 94 valence electrons. The Hall–Kier alpha value is -1.14. The molecule has 0 unspecified atom stereocenters. The molecule has 1 aromatic carbocycles. The summed E-state index contributed by atoms with van der Waals surface area (Å²) in [6.07, 6.45) is 3.08. The maximum Gasteiger partial charge on any atom is 0.218 e. The lowest BCUT2D eigenvalue weighted by atomic mass is 10.2. The van der Waals surface area contributed by atoms with Gasteiger partial charge in [-0.25, -0.2) is 4.39 Å². The smallest absolute Gasteiger partial charge is 0.218 e. The van der Waals surface area contributed by atoms with Crippen molar-refractivity contribution in [2.75, 3.05) is 5.73 Å². The zero-order valence-corrected chi connectivity index (χ0v) is 12.3. The lowest BCUT2D eigenvalue weighted by molar-refractivity contribution is 0.598. The van der Waals surface area contributed by atoms with Crippen LogP contribution < -0.4 is 11.2 Å². The molecule has 0 amide bonds. The summed E-state index contributed by atoms with van der Waals surface area (Å²) in [5.74, 6) is -0.308. The van der Waals surface area contributed by atoms with Crippen LogP contribution in [0.15, 0.2) is 44.3 Å². The molecule has 1 heterocycles. The van der Waals surface area contributed by atoms with Gasteiger partial charge in [0.25, 0.3) is 0 Å². The number of hydrogen-bond donors (Lipinski definition) is 1. The number of nitrogens with two attached hydrogens (primary N) is 1. The van der Waals surface area contributed by atoms with Gasteiger partial charge in [0, 0.05) is 22.4 Å². The number of nitrogen functional groups attached to an aromatic ring is 1. The van der Waals surface area contributed by atoms with Crippen LogP contribution in [0.1, 0.15) is 5.56 Å². The molecule has 6 heteroatoms. The Labute approximate surface area is 120 Å². The summed E-state index contributed by atoms with van der Waals surface area (Å²) >= 11 is 6.32. The average Bonchev–Trinajstić information content (AvgIpc) is 2.29. The number of nitrogens with zero attached hydrogens (tertiary/aromatic N) is 1. The second-order valence-corrected chi connectivity index (χ2v) is 5.57. The van der Waals surface area contributed by atoms with Crippen molar-refractivity contribution in [1.82, 2.24) is 4.57 Å². The van der Waals surface area contributed by atoms with Crippen LogP contribution in [-0.4, -0.2) is 4.57 Å². The highest BCUT2D eigenvalue weighted by Gasteiger charge is 2.06. The van der Waals surface area contributed by atoms with Crippen LogP contribution in [0.3, 0.4) is 0 Å². The summed E-state index contributed by atoms with van der Waals surface area (Å²) in [5.41, 5.74) is 5.96. The maximum absolute atomic E-state index is 13.7. The van der Waals surface area contributed by atoms with Gasteiger partial charge in [0.15, 0.2) is 0 Å². The number of hydrogen-bond acceptors (Lipinski definition) is 2. The second kappa shape index (κ2) is 5.24. The van der Waals surface area contributed by atoms with Gasteiger partial charge in [-0.3, -0.25) is 4.79 Å². The fourth-order valence-corrected chi connectivity index (χ4v) is 2.38. The number of rotatable bonds is 2. The first-order valence-electron chi connectivity index (χ1n) is 5.06.